The summed E-state index contributed by atoms with van der Waals surface area (Å²) >= 11 is 0. The lowest BCUT2D eigenvalue weighted by Crippen LogP contribution is -2.19. The third-order valence-corrected chi connectivity index (χ3v) is 5.52. The molecule has 2 heterocycles. The van der Waals surface area contributed by atoms with Gasteiger partial charge in [-0.25, -0.2) is 0 Å². The van der Waals surface area contributed by atoms with Crippen LogP contribution in [0, 0.1) is 0 Å². The Labute approximate surface area is 178 Å². The lowest BCUT2D eigenvalue weighted by atomic mass is 10.1. The van der Waals surface area contributed by atoms with Gasteiger partial charge in [-0.05, 0) is 59.7 Å². The minimum atomic E-state index is -0.159. The molecule has 5 nitrogen and oxygen atoms in total. The molecular formula is C26H19N5. The van der Waals surface area contributed by atoms with Gasteiger partial charge in [-0.3, -0.25) is 20.0 Å². The van der Waals surface area contributed by atoms with Crippen molar-refractivity contribution in [3.05, 3.63) is 130 Å². The van der Waals surface area contributed by atoms with Gasteiger partial charge < -0.3 is 5.32 Å². The molecule has 0 aliphatic carbocycles. The molecular weight excluding hydrogens is 382 g/mol. The predicted molar refractivity (Wildman–Crippen MR) is 119 cm³/mol. The maximum absolute atomic E-state index is 4.69. The standard InChI is InChI=1S/C26H19N5/c1-2-6-22-21(5-1)28-25(29-22)17-9-13-19(14-10-17)27-20-15-11-18(12-16-20)26-30-23-7-3-4-8-24(23)31-26/h1-16,25-27H. The van der Waals surface area contributed by atoms with Gasteiger partial charge in [0.1, 0.15) is 0 Å². The van der Waals surface area contributed by atoms with E-state index in [2.05, 4.69) is 53.8 Å². The average molecular weight is 401 g/mol. The quantitative estimate of drug-likeness (QED) is 0.560. The molecule has 0 unspecified atom stereocenters. The van der Waals surface area contributed by atoms with Crippen LogP contribution in [0.4, 0.5) is 11.4 Å². The van der Waals surface area contributed by atoms with Gasteiger partial charge in [0.05, 0.1) is 21.4 Å². The van der Waals surface area contributed by atoms with Crippen LogP contribution in [-0.4, -0.2) is 0 Å². The molecule has 0 bridgehead atoms. The van der Waals surface area contributed by atoms with Crippen molar-refractivity contribution in [2.75, 3.05) is 5.32 Å². The Morgan fingerprint density at radius 2 is 0.742 bits per heavy atom. The van der Waals surface area contributed by atoms with Crippen molar-refractivity contribution in [1.82, 2.24) is 0 Å². The molecule has 0 atom stereocenters. The van der Waals surface area contributed by atoms with Gasteiger partial charge in [-0.1, -0.05) is 48.5 Å². The summed E-state index contributed by atoms with van der Waals surface area (Å²) in [7, 11) is 0. The first-order valence-corrected chi connectivity index (χ1v) is 10.3. The third kappa shape index (κ3) is 3.40. The molecule has 2 aliphatic rings. The molecule has 0 saturated heterocycles. The molecule has 4 aromatic rings. The minimum absolute atomic E-state index is 0.159. The molecule has 0 spiro atoms. The van der Waals surface area contributed by atoms with E-state index in [1.54, 1.807) is 0 Å². The smallest absolute Gasteiger partial charge is 0.166 e. The summed E-state index contributed by atoms with van der Waals surface area (Å²) in [5, 5.41) is 7.28. The number of benzene rings is 4. The van der Waals surface area contributed by atoms with E-state index in [0.717, 1.165) is 43.9 Å². The molecule has 0 saturated carbocycles. The number of nitrogens with one attached hydrogen (secondary N) is 1. The summed E-state index contributed by atoms with van der Waals surface area (Å²) in [5.74, 6) is 0. The first-order chi connectivity index (χ1) is 15.3. The second-order valence-electron chi connectivity index (χ2n) is 7.61. The number of nitrogens with zero attached hydrogens (tertiary/aromatic N) is 4. The normalized spacial score (nSPS) is 14.6. The minimum Gasteiger partial charge on any atom is -0.356 e. The highest BCUT2D eigenvalue weighted by molar-refractivity contribution is 5.60. The number of rotatable bonds is 4. The van der Waals surface area contributed by atoms with E-state index in [4.69, 9.17) is 20.0 Å². The molecule has 0 radical (unpaired) electrons. The summed E-state index contributed by atoms with van der Waals surface area (Å²) in [6.45, 7) is 0. The van der Waals surface area contributed by atoms with Crippen LogP contribution >= 0.6 is 0 Å². The van der Waals surface area contributed by atoms with Crippen molar-refractivity contribution in [3.63, 3.8) is 0 Å². The molecule has 0 fully saturated rings. The molecule has 0 amide bonds. The number of hydrogen-bond acceptors (Lipinski definition) is 5. The molecule has 2 aliphatic heterocycles. The second kappa shape index (κ2) is 7.29. The molecule has 148 valence electrons. The molecule has 6 rings (SSSR count). The third-order valence-electron chi connectivity index (χ3n) is 5.52. The molecule has 0 aromatic heterocycles. The summed E-state index contributed by atoms with van der Waals surface area (Å²) in [5.41, 5.74) is 4.21. The highest BCUT2D eigenvalue weighted by atomic mass is 15.0. The van der Waals surface area contributed by atoms with E-state index in [-0.39, 0.29) is 12.3 Å². The number of para-hydroxylation sites is 4. The Morgan fingerprint density at radius 1 is 0.419 bits per heavy atom. The summed E-state index contributed by atoms with van der Waals surface area (Å²) < 4.78 is 0. The molecule has 5 heteroatoms. The highest BCUT2D eigenvalue weighted by Crippen LogP contribution is 2.25. The van der Waals surface area contributed by atoms with E-state index < -0.39 is 0 Å². The Bertz CT molecular complexity index is 1320. The van der Waals surface area contributed by atoms with Gasteiger partial charge in [0.25, 0.3) is 0 Å². The average Bonchev–Trinajstić information content (AvgIpc) is 3.44. The van der Waals surface area contributed by atoms with Gasteiger partial charge in [0.15, 0.2) is 12.3 Å². The SMILES string of the molecule is c1ccc2c(c1)=NC(c1ccc(Nc3ccc(C4N=c5ccccc5=N4)cc3)cc1)N=2. The van der Waals surface area contributed by atoms with Crippen LogP contribution in [0.3, 0.4) is 0 Å². The van der Waals surface area contributed by atoms with Crippen LogP contribution in [-0.2, 0) is 0 Å². The summed E-state index contributed by atoms with van der Waals surface area (Å²) in [6.07, 6.45) is -0.317. The van der Waals surface area contributed by atoms with Crippen molar-refractivity contribution in [1.29, 1.82) is 0 Å². The Kier molecular flexibility index (Phi) is 4.17. The van der Waals surface area contributed by atoms with Crippen molar-refractivity contribution in [2.24, 2.45) is 20.0 Å². The Balaban J connectivity index is 1.17. The monoisotopic (exact) mass is 401 g/mol. The van der Waals surface area contributed by atoms with E-state index in [0.29, 0.717) is 0 Å². The Morgan fingerprint density at radius 3 is 1.06 bits per heavy atom. The van der Waals surface area contributed by atoms with Crippen LogP contribution in [0.15, 0.2) is 117 Å². The lowest BCUT2D eigenvalue weighted by Gasteiger charge is -2.10. The van der Waals surface area contributed by atoms with E-state index in [1.165, 1.54) is 0 Å². The van der Waals surface area contributed by atoms with Gasteiger partial charge in [-0.15, -0.1) is 0 Å². The van der Waals surface area contributed by atoms with Crippen LogP contribution in [0.25, 0.3) is 0 Å². The summed E-state index contributed by atoms with van der Waals surface area (Å²) in [4.78, 5) is 18.8. The van der Waals surface area contributed by atoms with Gasteiger partial charge in [0.2, 0.25) is 0 Å². The highest BCUT2D eigenvalue weighted by Gasteiger charge is 2.13. The fourth-order valence-electron chi connectivity index (χ4n) is 3.89. The zero-order valence-electron chi connectivity index (χ0n) is 16.7. The van der Waals surface area contributed by atoms with Gasteiger partial charge >= 0.3 is 0 Å². The lowest BCUT2D eigenvalue weighted by molar-refractivity contribution is 0.771. The van der Waals surface area contributed by atoms with Crippen molar-refractivity contribution in [3.8, 4) is 0 Å². The van der Waals surface area contributed by atoms with E-state index in [1.807, 2.05) is 48.5 Å². The second-order valence-corrected chi connectivity index (χ2v) is 7.61. The maximum Gasteiger partial charge on any atom is 0.166 e. The molecule has 4 aromatic carbocycles. The zero-order chi connectivity index (χ0) is 20.6. The number of fused-ring (bicyclic) bond motifs is 2. The predicted octanol–water partition coefficient (Wildman–Crippen LogP) is 3.33. The van der Waals surface area contributed by atoms with Crippen LogP contribution in [0.5, 0.6) is 0 Å². The zero-order valence-corrected chi connectivity index (χ0v) is 16.7. The van der Waals surface area contributed by atoms with Gasteiger partial charge in [0, 0.05) is 11.4 Å². The van der Waals surface area contributed by atoms with Crippen LogP contribution in [0.1, 0.15) is 23.5 Å². The maximum atomic E-state index is 4.69. The summed E-state index contributed by atoms with van der Waals surface area (Å²) in [6, 6.07) is 32.6. The molecule has 31 heavy (non-hydrogen) atoms. The van der Waals surface area contributed by atoms with Crippen molar-refractivity contribution >= 4 is 11.4 Å². The van der Waals surface area contributed by atoms with Crippen molar-refractivity contribution in [2.45, 2.75) is 12.3 Å². The fraction of sp³-hybridized carbons (Fsp3) is 0.0769. The fourth-order valence-corrected chi connectivity index (χ4v) is 3.89. The largest absolute Gasteiger partial charge is 0.356 e. The van der Waals surface area contributed by atoms with E-state index in [9.17, 15) is 0 Å². The molecule has 1 N–H and O–H groups in total. The first-order valence-electron chi connectivity index (χ1n) is 10.3. The van der Waals surface area contributed by atoms with E-state index >= 15 is 0 Å². The van der Waals surface area contributed by atoms with Gasteiger partial charge in [-0.2, -0.15) is 0 Å². The first kappa shape index (κ1) is 17.7. The topological polar surface area (TPSA) is 61.5 Å². The number of hydrogen-bond donors (Lipinski definition) is 1. The Hall–Kier alpha value is -4.12. The van der Waals surface area contributed by atoms with Crippen LogP contribution < -0.4 is 26.7 Å². The van der Waals surface area contributed by atoms with Crippen LogP contribution in [0.2, 0.25) is 0 Å². The van der Waals surface area contributed by atoms with Crippen molar-refractivity contribution < 1.29 is 0 Å². The number of anilines is 2.